The van der Waals surface area contributed by atoms with Crippen LogP contribution in [0.5, 0.6) is 5.75 Å². The van der Waals surface area contributed by atoms with Gasteiger partial charge in [-0.05, 0) is 25.0 Å². The molecule has 0 unspecified atom stereocenters. The summed E-state index contributed by atoms with van der Waals surface area (Å²) in [7, 11) is 0. The highest BCUT2D eigenvalue weighted by Gasteiger charge is 2.32. The molecule has 2 aromatic heterocycles. The van der Waals surface area contributed by atoms with Crippen molar-refractivity contribution in [3.8, 4) is 5.75 Å². The first kappa shape index (κ1) is 17.9. The summed E-state index contributed by atoms with van der Waals surface area (Å²) in [6, 6.07) is 3.16. The lowest BCUT2D eigenvalue weighted by Gasteiger charge is -2.42. The van der Waals surface area contributed by atoms with Gasteiger partial charge in [0.1, 0.15) is 5.56 Å². The van der Waals surface area contributed by atoms with Crippen molar-refractivity contribution >= 4 is 11.6 Å². The molecule has 0 aromatic carbocycles. The quantitative estimate of drug-likeness (QED) is 0.795. The van der Waals surface area contributed by atoms with Crippen LogP contribution >= 0.6 is 0 Å². The molecule has 2 N–H and O–H groups in total. The van der Waals surface area contributed by atoms with Gasteiger partial charge in [0, 0.05) is 44.6 Å². The van der Waals surface area contributed by atoms with Gasteiger partial charge >= 0.3 is 0 Å². The Morgan fingerprint density at radius 1 is 1.15 bits per heavy atom. The van der Waals surface area contributed by atoms with Crippen LogP contribution in [0.15, 0.2) is 29.3 Å². The molecule has 1 saturated carbocycles. The number of pyridine rings is 1. The fourth-order valence-corrected chi connectivity index (χ4v) is 4.18. The topological polar surface area (TPSA) is 98.4 Å². The van der Waals surface area contributed by atoms with Gasteiger partial charge < -0.3 is 15.1 Å². The molecular formula is C19H24N4O4. The van der Waals surface area contributed by atoms with Crippen molar-refractivity contribution in [2.75, 3.05) is 26.2 Å². The van der Waals surface area contributed by atoms with Gasteiger partial charge in [0.15, 0.2) is 11.4 Å². The van der Waals surface area contributed by atoms with E-state index in [4.69, 9.17) is 0 Å². The van der Waals surface area contributed by atoms with E-state index in [2.05, 4.69) is 9.88 Å². The molecule has 0 radical (unpaired) electrons. The highest BCUT2D eigenvalue weighted by molar-refractivity contribution is 5.94. The third-order valence-corrected chi connectivity index (χ3v) is 5.71. The van der Waals surface area contributed by atoms with Crippen molar-refractivity contribution in [2.45, 2.75) is 37.8 Å². The fraction of sp³-hybridized carbons (Fsp3) is 0.526. The lowest BCUT2D eigenvalue weighted by molar-refractivity contribution is -0.00176. The van der Waals surface area contributed by atoms with Gasteiger partial charge in [0.25, 0.3) is 11.5 Å². The predicted octanol–water partition coefficient (Wildman–Crippen LogP) is 0.461. The van der Waals surface area contributed by atoms with Crippen molar-refractivity contribution in [1.29, 1.82) is 0 Å². The molecule has 1 amide bonds. The number of piperazine rings is 1. The van der Waals surface area contributed by atoms with Gasteiger partial charge in [-0.1, -0.05) is 12.8 Å². The first-order valence-electron chi connectivity index (χ1n) is 9.47. The zero-order valence-corrected chi connectivity index (χ0v) is 15.1. The van der Waals surface area contributed by atoms with E-state index in [1.165, 1.54) is 28.9 Å². The molecule has 2 aromatic rings. The Morgan fingerprint density at radius 2 is 1.89 bits per heavy atom. The van der Waals surface area contributed by atoms with Crippen LogP contribution in [0.4, 0.5) is 0 Å². The molecule has 2 aliphatic rings. The number of hydrogen-bond acceptors (Lipinski definition) is 6. The molecule has 2 atom stereocenters. The van der Waals surface area contributed by atoms with E-state index in [-0.39, 0.29) is 35.0 Å². The molecule has 4 rings (SSSR count). The maximum absolute atomic E-state index is 12.8. The number of carbonyl (C=O) groups is 1. The van der Waals surface area contributed by atoms with Gasteiger partial charge in [0.05, 0.1) is 6.10 Å². The summed E-state index contributed by atoms with van der Waals surface area (Å²) in [5.74, 6) is -0.442. The van der Waals surface area contributed by atoms with Crippen molar-refractivity contribution < 1.29 is 15.0 Å². The van der Waals surface area contributed by atoms with E-state index < -0.39 is 5.56 Å². The molecular weight excluding hydrogens is 348 g/mol. The summed E-state index contributed by atoms with van der Waals surface area (Å²) >= 11 is 0. The molecule has 144 valence electrons. The number of aromatic hydroxyl groups is 1. The molecule has 2 fully saturated rings. The summed E-state index contributed by atoms with van der Waals surface area (Å²) in [6.07, 6.45) is 6.49. The molecule has 27 heavy (non-hydrogen) atoms. The van der Waals surface area contributed by atoms with Gasteiger partial charge in [-0.15, -0.1) is 0 Å². The molecule has 0 spiro atoms. The summed E-state index contributed by atoms with van der Waals surface area (Å²) in [6.45, 7) is 2.42. The molecule has 8 nitrogen and oxygen atoms in total. The van der Waals surface area contributed by atoms with Crippen molar-refractivity contribution in [3.05, 3.63) is 40.4 Å². The number of carbonyl (C=O) groups excluding carboxylic acids is 1. The van der Waals surface area contributed by atoms with Crippen LogP contribution in [-0.2, 0) is 0 Å². The highest BCUT2D eigenvalue weighted by Crippen LogP contribution is 2.24. The van der Waals surface area contributed by atoms with E-state index in [9.17, 15) is 19.8 Å². The number of aliphatic hydroxyl groups is 1. The molecule has 0 bridgehead atoms. The van der Waals surface area contributed by atoms with E-state index in [0.717, 1.165) is 25.7 Å². The second kappa shape index (κ2) is 7.28. The number of rotatable bonds is 2. The minimum atomic E-state index is -0.481. The third-order valence-electron chi connectivity index (χ3n) is 5.71. The predicted molar refractivity (Wildman–Crippen MR) is 98.9 cm³/mol. The number of hydrogen-bond donors (Lipinski definition) is 2. The first-order chi connectivity index (χ1) is 13.1. The van der Waals surface area contributed by atoms with Crippen LogP contribution in [0.3, 0.4) is 0 Å². The van der Waals surface area contributed by atoms with Crippen molar-refractivity contribution in [1.82, 2.24) is 19.2 Å². The molecule has 1 aliphatic heterocycles. The smallest absolute Gasteiger partial charge is 0.270 e. The van der Waals surface area contributed by atoms with Gasteiger partial charge in [-0.3, -0.25) is 18.9 Å². The lowest BCUT2D eigenvalue weighted by Crippen LogP contribution is -2.55. The minimum absolute atomic E-state index is 0.00394. The maximum Gasteiger partial charge on any atom is 0.270 e. The van der Waals surface area contributed by atoms with Gasteiger partial charge in [-0.25, -0.2) is 4.98 Å². The Kier molecular flexibility index (Phi) is 4.84. The van der Waals surface area contributed by atoms with E-state index >= 15 is 0 Å². The molecule has 1 aliphatic carbocycles. The third kappa shape index (κ3) is 3.30. The number of nitrogens with zero attached hydrogens (tertiary/aromatic N) is 4. The Bertz CT molecular complexity index is 904. The summed E-state index contributed by atoms with van der Waals surface area (Å²) in [4.78, 5) is 33.5. The van der Waals surface area contributed by atoms with Crippen LogP contribution in [0.25, 0.3) is 5.65 Å². The second-order valence-electron chi connectivity index (χ2n) is 7.31. The van der Waals surface area contributed by atoms with Gasteiger partial charge in [0.2, 0.25) is 0 Å². The summed E-state index contributed by atoms with van der Waals surface area (Å²) in [5.41, 5.74) is -0.342. The van der Waals surface area contributed by atoms with E-state index in [1.807, 2.05) is 0 Å². The number of amides is 1. The Morgan fingerprint density at radius 3 is 2.63 bits per heavy atom. The SMILES string of the molecule is O=C(c1cnc2c(O)cccn2c1=O)N1CCN([C@@H]2CCCC[C@H]2O)CC1. The average molecular weight is 372 g/mol. The Balaban J connectivity index is 1.49. The van der Waals surface area contributed by atoms with Crippen LogP contribution in [0.2, 0.25) is 0 Å². The minimum Gasteiger partial charge on any atom is -0.504 e. The summed E-state index contributed by atoms with van der Waals surface area (Å²) < 4.78 is 1.19. The highest BCUT2D eigenvalue weighted by atomic mass is 16.3. The Hall–Kier alpha value is -2.45. The monoisotopic (exact) mass is 372 g/mol. The Labute approximate surface area is 156 Å². The fourth-order valence-electron chi connectivity index (χ4n) is 4.18. The van der Waals surface area contributed by atoms with E-state index in [1.54, 1.807) is 4.90 Å². The molecule has 1 saturated heterocycles. The van der Waals surface area contributed by atoms with Gasteiger partial charge in [-0.2, -0.15) is 0 Å². The number of aromatic nitrogens is 2. The van der Waals surface area contributed by atoms with Crippen LogP contribution < -0.4 is 5.56 Å². The van der Waals surface area contributed by atoms with Crippen LogP contribution in [0.1, 0.15) is 36.0 Å². The molecule has 8 heteroatoms. The maximum atomic E-state index is 12.8. The number of aliphatic hydroxyl groups excluding tert-OH is 1. The largest absolute Gasteiger partial charge is 0.504 e. The van der Waals surface area contributed by atoms with Crippen LogP contribution in [0, 0.1) is 0 Å². The van der Waals surface area contributed by atoms with Crippen LogP contribution in [-0.4, -0.2) is 73.6 Å². The first-order valence-corrected chi connectivity index (χ1v) is 9.47. The second-order valence-corrected chi connectivity index (χ2v) is 7.31. The standard InChI is InChI=1S/C19H24N4O4/c24-15-5-2-1-4-14(15)21-8-10-22(11-9-21)18(26)13-12-20-17-16(25)6-3-7-23(17)19(13)27/h3,6-7,12,14-15,24-25H,1-2,4-5,8-11H2/t14-,15-/m1/s1. The zero-order chi connectivity index (χ0) is 19.0. The van der Waals surface area contributed by atoms with E-state index in [0.29, 0.717) is 26.2 Å². The average Bonchev–Trinajstić information content (AvgIpc) is 2.69. The zero-order valence-electron chi connectivity index (χ0n) is 15.1. The van der Waals surface area contributed by atoms with Crippen molar-refractivity contribution in [2.24, 2.45) is 0 Å². The van der Waals surface area contributed by atoms with Crippen molar-refractivity contribution in [3.63, 3.8) is 0 Å². The lowest BCUT2D eigenvalue weighted by atomic mass is 9.91. The summed E-state index contributed by atoms with van der Waals surface area (Å²) in [5, 5.41) is 20.0. The normalized spacial score (nSPS) is 24.3. The molecule has 3 heterocycles. The number of fused-ring (bicyclic) bond motifs is 1.